The lowest BCUT2D eigenvalue weighted by Gasteiger charge is -2.39. The van der Waals surface area contributed by atoms with Crippen molar-refractivity contribution < 1.29 is 9.47 Å². The van der Waals surface area contributed by atoms with E-state index in [2.05, 4.69) is 26.6 Å². The summed E-state index contributed by atoms with van der Waals surface area (Å²) in [6.07, 6.45) is 14.5. The average molecular weight is 443 g/mol. The molecule has 0 amide bonds. The number of likely N-dealkylation sites (tertiary alicyclic amines) is 1. The summed E-state index contributed by atoms with van der Waals surface area (Å²) in [7, 11) is 3.57. The van der Waals surface area contributed by atoms with E-state index in [1.807, 2.05) is 19.2 Å². The molecule has 3 fully saturated rings. The van der Waals surface area contributed by atoms with Crippen LogP contribution in [0.2, 0.25) is 0 Å². The molecule has 1 aromatic carbocycles. The van der Waals surface area contributed by atoms with Gasteiger partial charge in [-0.2, -0.15) is 0 Å². The highest BCUT2D eigenvalue weighted by atomic mass is 16.5. The summed E-state index contributed by atoms with van der Waals surface area (Å²) in [6, 6.07) is 7.46. The van der Waals surface area contributed by atoms with Gasteiger partial charge in [-0.3, -0.25) is 4.99 Å². The molecule has 32 heavy (non-hydrogen) atoms. The predicted octanol–water partition coefficient (Wildman–Crippen LogP) is 4.48. The molecule has 2 saturated carbocycles. The van der Waals surface area contributed by atoms with Crippen molar-refractivity contribution in [1.82, 2.24) is 15.5 Å². The van der Waals surface area contributed by atoms with E-state index in [0.29, 0.717) is 18.7 Å². The van der Waals surface area contributed by atoms with Crippen LogP contribution in [-0.4, -0.2) is 56.3 Å². The van der Waals surface area contributed by atoms with E-state index in [-0.39, 0.29) is 0 Å². The number of nitrogens with zero attached hydrogens (tertiary/aromatic N) is 2. The largest absolute Gasteiger partial charge is 0.493 e. The maximum Gasteiger partial charge on any atom is 0.191 e. The van der Waals surface area contributed by atoms with E-state index < -0.39 is 0 Å². The van der Waals surface area contributed by atoms with Crippen molar-refractivity contribution in [2.24, 2.45) is 4.99 Å². The van der Waals surface area contributed by atoms with Crippen LogP contribution in [0, 0.1) is 0 Å². The summed E-state index contributed by atoms with van der Waals surface area (Å²) in [5, 5.41) is 7.17. The van der Waals surface area contributed by atoms with Crippen LogP contribution in [0.4, 0.5) is 0 Å². The highest BCUT2D eigenvalue weighted by Crippen LogP contribution is 2.35. The number of benzene rings is 1. The van der Waals surface area contributed by atoms with Gasteiger partial charge in [-0.25, -0.2) is 0 Å². The molecule has 0 bridgehead atoms. The number of nitrogens with one attached hydrogen (secondary N) is 2. The van der Waals surface area contributed by atoms with Gasteiger partial charge in [-0.15, -0.1) is 0 Å². The molecule has 1 aliphatic heterocycles. The lowest BCUT2D eigenvalue weighted by Crippen LogP contribution is -2.50. The zero-order chi connectivity index (χ0) is 22.2. The van der Waals surface area contributed by atoms with Crippen molar-refractivity contribution in [3.8, 4) is 11.5 Å². The zero-order valence-electron chi connectivity index (χ0n) is 20.1. The number of piperidine rings is 1. The van der Waals surface area contributed by atoms with Crippen molar-refractivity contribution in [3.63, 3.8) is 0 Å². The van der Waals surface area contributed by atoms with Gasteiger partial charge in [-0.05, 0) is 57.4 Å². The molecule has 1 heterocycles. The van der Waals surface area contributed by atoms with Gasteiger partial charge in [0.15, 0.2) is 17.5 Å². The third-order valence-electron chi connectivity index (χ3n) is 7.50. The summed E-state index contributed by atoms with van der Waals surface area (Å²) in [5.41, 5.74) is 1.12. The van der Waals surface area contributed by atoms with Crippen molar-refractivity contribution in [3.05, 3.63) is 23.8 Å². The first-order chi connectivity index (χ1) is 15.8. The second-order valence-electron chi connectivity index (χ2n) is 9.65. The first-order valence-corrected chi connectivity index (χ1v) is 12.8. The van der Waals surface area contributed by atoms with Crippen LogP contribution in [0.1, 0.15) is 76.2 Å². The Morgan fingerprint density at radius 2 is 1.72 bits per heavy atom. The van der Waals surface area contributed by atoms with Gasteiger partial charge in [0.2, 0.25) is 0 Å². The minimum atomic E-state index is 0.303. The molecule has 2 aliphatic carbocycles. The Kier molecular flexibility index (Phi) is 8.55. The summed E-state index contributed by atoms with van der Waals surface area (Å²) in [4.78, 5) is 7.22. The number of ether oxygens (including phenoxy) is 2. The van der Waals surface area contributed by atoms with E-state index >= 15 is 0 Å². The Hall–Kier alpha value is -1.95. The summed E-state index contributed by atoms with van der Waals surface area (Å²) in [6.45, 7) is 3.07. The number of aliphatic imine (C=N–C) groups is 1. The maximum absolute atomic E-state index is 6.38. The number of hydrogen-bond donors (Lipinski definition) is 2. The first kappa shape index (κ1) is 23.2. The van der Waals surface area contributed by atoms with Gasteiger partial charge < -0.3 is 25.0 Å². The Morgan fingerprint density at radius 3 is 2.41 bits per heavy atom. The predicted molar refractivity (Wildman–Crippen MR) is 131 cm³/mol. The van der Waals surface area contributed by atoms with E-state index in [9.17, 15) is 0 Å². The van der Waals surface area contributed by atoms with Crippen LogP contribution < -0.4 is 20.1 Å². The molecular formula is C26H42N4O2. The van der Waals surface area contributed by atoms with Crippen LogP contribution in [0.15, 0.2) is 23.2 Å². The molecule has 0 spiro atoms. The summed E-state index contributed by atoms with van der Waals surface area (Å²) < 4.78 is 12.0. The first-order valence-electron chi connectivity index (χ1n) is 12.8. The fourth-order valence-corrected chi connectivity index (χ4v) is 5.59. The quantitative estimate of drug-likeness (QED) is 0.482. The number of para-hydroxylation sites is 1. The minimum Gasteiger partial charge on any atom is -0.493 e. The number of guanidine groups is 1. The molecule has 0 atom stereocenters. The Labute approximate surface area is 194 Å². The Bertz CT molecular complexity index is 733. The molecule has 178 valence electrons. The highest BCUT2D eigenvalue weighted by molar-refractivity contribution is 5.80. The highest BCUT2D eigenvalue weighted by Gasteiger charge is 2.26. The normalized spacial score (nSPS) is 22.1. The molecule has 4 rings (SSSR count). The average Bonchev–Trinajstić information content (AvgIpc) is 3.36. The number of rotatable bonds is 7. The zero-order valence-corrected chi connectivity index (χ0v) is 20.1. The van der Waals surface area contributed by atoms with Crippen molar-refractivity contribution >= 4 is 5.96 Å². The molecule has 2 N–H and O–H groups in total. The van der Waals surface area contributed by atoms with E-state index in [1.165, 1.54) is 70.9 Å². The van der Waals surface area contributed by atoms with Crippen LogP contribution in [0.25, 0.3) is 0 Å². The monoisotopic (exact) mass is 442 g/mol. The van der Waals surface area contributed by atoms with Gasteiger partial charge in [0.25, 0.3) is 0 Å². The van der Waals surface area contributed by atoms with Crippen molar-refractivity contribution in [2.75, 3.05) is 27.2 Å². The molecule has 1 saturated heterocycles. The standard InChI is InChI=1S/C26H42N4O2/c1-27-26(29-21-15-17-30(18-16-21)22-10-4-3-5-11-22)28-19-20-9-8-14-24(31-2)25(20)32-23-12-6-7-13-23/h8-9,14,21-23H,3-7,10-13,15-19H2,1-2H3,(H2,27,28,29). The molecule has 6 nitrogen and oxygen atoms in total. The van der Waals surface area contributed by atoms with Gasteiger partial charge in [0, 0.05) is 44.3 Å². The van der Waals surface area contributed by atoms with Gasteiger partial charge in [0.05, 0.1) is 13.2 Å². The van der Waals surface area contributed by atoms with Gasteiger partial charge in [0.1, 0.15) is 0 Å². The second kappa shape index (κ2) is 11.8. The van der Waals surface area contributed by atoms with E-state index in [1.54, 1.807) is 7.11 Å². The Balaban J connectivity index is 1.29. The SMILES string of the molecule is CN=C(NCc1cccc(OC)c1OC1CCCC1)NC1CCN(C2CCCCC2)CC1. The molecule has 0 radical (unpaired) electrons. The molecule has 1 aromatic rings. The topological polar surface area (TPSA) is 58.1 Å². The second-order valence-corrected chi connectivity index (χ2v) is 9.65. The minimum absolute atomic E-state index is 0.303. The molecular weight excluding hydrogens is 400 g/mol. The Morgan fingerprint density at radius 1 is 1.00 bits per heavy atom. The number of hydrogen-bond acceptors (Lipinski definition) is 4. The van der Waals surface area contributed by atoms with Crippen LogP contribution in [0.5, 0.6) is 11.5 Å². The third kappa shape index (κ3) is 6.09. The lowest BCUT2D eigenvalue weighted by molar-refractivity contribution is 0.119. The van der Waals surface area contributed by atoms with Crippen LogP contribution in [0.3, 0.4) is 0 Å². The van der Waals surface area contributed by atoms with E-state index in [4.69, 9.17) is 9.47 Å². The van der Waals surface area contributed by atoms with Crippen molar-refractivity contribution in [1.29, 1.82) is 0 Å². The van der Waals surface area contributed by atoms with E-state index in [0.717, 1.165) is 41.9 Å². The molecule has 3 aliphatic rings. The fraction of sp³-hybridized carbons (Fsp3) is 0.731. The van der Waals surface area contributed by atoms with Crippen LogP contribution in [-0.2, 0) is 6.54 Å². The van der Waals surface area contributed by atoms with Crippen molar-refractivity contribution in [2.45, 2.75) is 95.4 Å². The molecule has 0 unspecified atom stereocenters. The van der Waals surface area contributed by atoms with Gasteiger partial charge in [-0.1, -0.05) is 31.4 Å². The van der Waals surface area contributed by atoms with Gasteiger partial charge >= 0.3 is 0 Å². The maximum atomic E-state index is 6.38. The number of methoxy groups -OCH3 is 1. The smallest absolute Gasteiger partial charge is 0.191 e. The molecule has 0 aromatic heterocycles. The summed E-state index contributed by atoms with van der Waals surface area (Å²) in [5.74, 6) is 2.57. The molecule has 6 heteroatoms. The summed E-state index contributed by atoms with van der Waals surface area (Å²) >= 11 is 0. The lowest BCUT2D eigenvalue weighted by atomic mass is 9.92. The third-order valence-corrected chi connectivity index (χ3v) is 7.50. The van der Waals surface area contributed by atoms with Crippen LogP contribution >= 0.6 is 0 Å². The fourth-order valence-electron chi connectivity index (χ4n) is 5.59.